The van der Waals surface area contributed by atoms with Crippen LogP contribution >= 0.6 is 0 Å². The van der Waals surface area contributed by atoms with E-state index in [9.17, 15) is 4.79 Å². The Kier molecular flexibility index (Phi) is 5.41. The van der Waals surface area contributed by atoms with Gasteiger partial charge in [-0.25, -0.2) is 4.98 Å². The topological polar surface area (TPSA) is 73.6 Å². The van der Waals surface area contributed by atoms with Gasteiger partial charge in [-0.15, -0.1) is 0 Å². The van der Waals surface area contributed by atoms with Crippen LogP contribution in [0, 0.1) is 0 Å². The monoisotopic (exact) mass is 354 g/mol. The third-order valence-electron chi connectivity index (χ3n) is 4.13. The maximum atomic E-state index is 12.3. The number of anilines is 1. The molecule has 0 aliphatic heterocycles. The molecule has 0 aliphatic carbocycles. The molecular weight excluding hydrogens is 332 g/mol. The van der Waals surface area contributed by atoms with E-state index in [4.69, 9.17) is 13.9 Å². The maximum Gasteiger partial charge on any atom is 0.224 e. The number of rotatable bonds is 7. The lowest BCUT2D eigenvalue weighted by atomic mass is 10.1. The number of carbonyl (C=O) groups is 1. The van der Waals surface area contributed by atoms with Gasteiger partial charge < -0.3 is 19.2 Å². The first-order valence-electron chi connectivity index (χ1n) is 8.53. The van der Waals surface area contributed by atoms with E-state index in [-0.39, 0.29) is 5.91 Å². The molecule has 26 heavy (non-hydrogen) atoms. The van der Waals surface area contributed by atoms with Gasteiger partial charge in [0.25, 0.3) is 0 Å². The Morgan fingerprint density at radius 2 is 2.00 bits per heavy atom. The zero-order valence-electron chi connectivity index (χ0n) is 15.2. The largest absolute Gasteiger partial charge is 0.497 e. The summed E-state index contributed by atoms with van der Waals surface area (Å²) in [4.78, 5) is 16.7. The molecule has 1 aromatic heterocycles. The lowest BCUT2D eigenvalue weighted by molar-refractivity contribution is -0.116. The van der Waals surface area contributed by atoms with Crippen molar-refractivity contribution in [3.8, 4) is 11.5 Å². The molecule has 136 valence electrons. The van der Waals surface area contributed by atoms with Crippen LogP contribution < -0.4 is 14.8 Å². The zero-order chi connectivity index (χ0) is 18.5. The number of nitrogens with one attached hydrogen (secondary N) is 1. The lowest BCUT2D eigenvalue weighted by Gasteiger charge is -2.10. The molecule has 2 aromatic carbocycles. The molecule has 0 spiro atoms. The van der Waals surface area contributed by atoms with Crippen molar-refractivity contribution in [3.63, 3.8) is 0 Å². The molecule has 1 heterocycles. The molecule has 6 nitrogen and oxygen atoms in total. The number of ether oxygens (including phenoxy) is 2. The zero-order valence-corrected chi connectivity index (χ0v) is 15.2. The van der Waals surface area contributed by atoms with Crippen LogP contribution in [0.1, 0.15) is 24.8 Å². The van der Waals surface area contributed by atoms with Crippen molar-refractivity contribution >= 4 is 22.7 Å². The average Bonchev–Trinajstić information content (AvgIpc) is 3.08. The number of amides is 1. The standard InChI is InChI=1S/C20H22N2O4/c1-4-20-22-16-12-14(6-8-18(16)26-20)21-19(23)10-5-13-11-15(24-2)7-9-17(13)25-3/h6-9,11-12H,4-5,10H2,1-3H3,(H,21,23). The highest BCUT2D eigenvalue weighted by atomic mass is 16.5. The summed E-state index contributed by atoms with van der Waals surface area (Å²) in [6.45, 7) is 1.99. The maximum absolute atomic E-state index is 12.3. The Morgan fingerprint density at radius 3 is 2.73 bits per heavy atom. The summed E-state index contributed by atoms with van der Waals surface area (Å²) >= 11 is 0. The first-order chi connectivity index (χ1) is 12.6. The molecular formula is C20H22N2O4. The van der Waals surface area contributed by atoms with Crippen LogP contribution in [0.2, 0.25) is 0 Å². The van der Waals surface area contributed by atoms with Gasteiger partial charge in [0.05, 0.1) is 14.2 Å². The van der Waals surface area contributed by atoms with Crippen LogP contribution in [0.25, 0.3) is 11.1 Å². The number of aromatic nitrogens is 1. The summed E-state index contributed by atoms with van der Waals surface area (Å²) in [5, 5.41) is 2.90. The van der Waals surface area contributed by atoms with Gasteiger partial charge in [-0.1, -0.05) is 6.92 Å². The quantitative estimate of drug-likeness (QED) is 0.695. The Morgan fingerprint density at radius 1 is 1.15 bits per heavy atom. The molecule has 0 saturated carbocycles. The highest BCUT2D eigenvalue weighted by molar-refractivity contribution is 5.92. The van der Waals surface area contributed by atoms with Crippen LogP contribution in [-0.4, -0.2) is 25.1 Å². The smallest absolute Gasteiger partial charge is 0.224 e. The number of hydrogen-bond donors (Lipinski definition) is 1. The molecule has 0 aliphatic rings. The molecule has 0 unspecified atom stereocenters. The van der Waals surface area contributed by atoms with Crippen molar-refractivity contribution < 1.29 is 18.7 Å². The van der Waals surface area contributed by atoms with Crippen molar-refractivity contribution in [2.45, 2.75) is 26.2 Å². The minimum Gasteiger partial charge on any atom is -0.497 e. The number of methoxy groups -OCH3 is 2. The van der Waals surface area contributed by atoms with E-state index in [1.54, 1.807) is 14.2 Å². The summed E-state index contributed by atoms with van der Waals surface area (Å²) in [5.74, 6) is 2.10. The molecule has 3 rings (SSSR count). The van der Waals surface area contributed by atoms with Gasteiger partial charge in [0.1, 0.15) is 17.0 Å². The molecule has 0 saturated heterocycles. The lowest BCUT2D eigenvalue weighted by Crippen LogP contribution is -2.12. The Bertz CT molecular complexity index is 917. The van der Waals surface area contributed by atoms with Gasteiger partial charge in [0.2, 0.25) is 5.91 Å². The van der Waals surface area contributed by atoms with Gasteiger partial charge in [0, 0.05) is 18.5 Å². The van der Waals surface area contributed by atoms with Crippen molar-refractivity contribution in [1.29, 1.82) is 0 Å². The first kappa shape index (κ1) is 17.8. The van der Waals surface area contributed by atoms with E-state index in [1.165, 1.54) is 0 Å². The van der Waals surface area contributed by atoms with Gasteiger partial charge in [-0.3, -0.25) is 4.79 Å². The highest BCUT2D eigenvalue weighted by Gasteiger charge is 2.10. The van der Waals surface area contributed by atoms with E-state index in [2.05, 4.69) is 10.3 Å². The van der Waals surface area contributed by atoms with E-state index >= 15 is 0 Å². The second-order valence-corrected chi connectivity index (χ2v) is 5.87. The van der Waals surface area contributed by atoms with Crippen molar-refractivity contribution in [2.75, 3.05) is 19.5 Å². The van der Waals surface area contributed by atoms with Crippen molar-refractivity contribution in [2.24, 2.45) is 0 Å². The molecule has 6 heteroatoms. The van der Waals surface area contributed by atoms with Crippen LogP contribution in [0.5, 0.6) is 11.5 Å². The number of oxazole rings is 1. The van der Waals surface area contributed by atoms with Crippen LogP contribution in [0.4, 0.5) is 5.69 Å². The fourth-order valence-corrected chi connectivity index (χ4v) is 2.75. The highest BCUT2D eigenvalue weighted by Crippen LogP contribution is 2.25. The third-order valence-corrected chi connectivity index (χ3v) is 4.13. The van der Waals surface area contributed by atoms with Gasteiger partial charge in [0.15, 0.2) is 11.5 Å². The molecule has 1 N–H and O–H groups in total. The predicted molar refractivity (Wildman–Crippen MR) is 99.9 cm³/mol. The minimum atomic E-state index is -0.0755. The van der Waals surface area contributed by atoms with Gasteiger partial charge >= 0.3 is 0 Å². The van der Waals surface area contributed by atoms with Gasteiger partial charge in [-0.05, 0) is 48.4 Å². The number of benzene rings is 2. The minimum absolute atomic E-state index is 0.0755. The van der Waals surface area contributed by atoms with E-state index in [0.717, 1.165) is 34.6 Å². The molecule has 1 amide bonds. The molecule has 0 bridgehead atoms. The summed E-state index contributed by atoms with van der Waals surface area (Å²) < 4.78 is 16.2. The van der Waals surface area contributed by atoms with Crippen LogP contribution in [-0.2, 0) is 17.6 Å². The average molecular weight is 354 g/mol. The number of aryl methyl sites for hydroxylation is 2. The normalized spacial score (nSPS) is 10.7. The third kappa shape index (κ3) is 3.96. The number of carbonyl (C=O) groups excluding carboxylic acids is 1. The second kappa shape index (κ2) is 7.91. The Labute approximate surface area is 152 Å². The molecule has 0 atom stereocenters. The molecule has 0 fully saturated rings. The Hall–Kier alpha value is -3.02. The molecule has 3 aromatic rings. The van der Waals surface area contributed by atoms with Crippen molar-refractivity contribution in [1.82, 2.24) is 4.98 Å². The fourth-order valence-electron chi connectivity index (χ4n) is 2.75. The van der Waals surface area contributed by atoms with E-state index in [0.29, 0.717) is 24.4 Å². The summed E-state index contributed by atoms with van der Waals surface area (Å²) in [6.07, 6.45) is 1.62. The SMILES string of the molecule is CCc1nc2cc(NC(=O)CCc3cc(OC)ccc3OC)ccc2o1. The van der Waals surface area contributed by atoms with E-state index in [1.807, 2.05) is 43.3 Å². The van der Waals surface area contributed by atoms with Gasteiger partial charge in [-0.2, -0.15) is 0 Å². The number of nitrogens with zero attached hydrogens (tertiary/aromatic N) is 1. The van der Waals surface area contributed by atoms with E-state index < -0.39 is 0 Å². The van der Waals surface area contributed by atoms with Crippen LogP contribution in [0.3, 0.4) is 0 Å². The van der Waals surface area contributed by atoms with Crippen LogP contribution in [0.15, 0.2) is 40.8 Å². The van der Waals surface area contributed by atoms with Crippen molar-refractivity contribution in [3.05, 3.63) is 47.9 Å². The second-order valence-electron chi connectivity index (χ2n) is 5.87. The molecule has 0 radical (unpaired) electrons. The summed E-state index contributed by atoms with van der Waals surface area (Å²) in [7, 11) is 3.23. The Balaban J connectivity index is 1.65. The number of hydrogen-bond acceptors (Lipinski definition) is 5. The summed E-state index contributed by atoms with van der Waals surface area (Å²) in [5.41, 5.74) is 3.10. The summed E-state index contributed by atoms with van der Waals surface area (Å²) in [6, 6.07) is 11.0. The number of fused-ring (bicyclic) bond motifs is 1. The predicted octanol–water partition coefficient (Wildman–Crippen LogP) is 3.98. The first-order valence-corrected chi connectivity index (χ1v) is 8.53. The fraction of sp³-hybridized carbons (Fsp3) is 0.300.